The number of carbonyl (C=O) groups excluding carboxylic acids is 1. The second-order valence-corrected chi connectivity index (χ2v) is 4.24. The molecule has 0 atom stereocenters. The maximum Gasteiger partial charge on any atom is 0.311 e. The van der Waals surface area contributed by atoms with Crippen LogP contribution in [0, 0.1) is 5.41 Å². The summed E-state index contributed by atoms with van der Waals surface area (Å²) in [5.41, 5.74) is 2.28. The molecule has 1 N–H and O–H groups in total. The molecule has 0 aliphatic rings. The summed E-state index contributed by atoms with van der Waals surface area (Å²) >= 11 is 0. The van der Waals surface area contributed by atoms with Crippen LogP contribution in [0.2, 0.25) is 0 Å². The lowest BCUT2D eigenvalue weighted by Gasteiger charge is -2.09. The van der Waals surface area contributed by atoms with Gasteiger partial charge in [0, 0.05) is 5.71 Å². The number of hydrogen-bond acceptors (Lipinski definition) is 3. The van der Waals surface area contributed by atoms with Crippen molar-refractivity contribution in [2.75, 3.05) is 6.61 Å². The van der Waals surface area contributed by atoms with Crippen LogP contribution in [0.3, 0.4) is 0 Å². The third-order valence-electron chi connectivity index (χ3n) is 2.53. The summed E-state index contributed by atoms with van der Waals surface area (Å²) in [6.07, 6.45) is 0.0371. The zero-order valence-electron chi connectivity index (χ0n) is 10.6. The van der Waals surface area contributed by atoms with Crippen molar-refractivity contribution in [2.24, 2.45) is 0 Å². The van der Waals surface area contributed by atoms with Crippen molar-refractivity contribution in [1.82, 2.24) is 0 Å². The third-order valence-corrected chi connectivity index (χ3v) is 2.53. The molecule has 0 unspecified atom stereocenters. The highest BCUT2D eigenvalue weighted by Crippen LogP contribution is 2.16. The molecule has 92 valence electrons. The zero-order valence-corrected chi connectivity index (χ0v) is 10.6. The smallest absolute Gasteiger partial charge is 0.311 e. The largest absolute Gasteiger partial charge is 0.466 e. The Bertz CT molecular complexity index is 410. The number of esters is 1. The highest BCUT2D eigenvalue weighted by molar-refractivity contribution is 6.07. The molecule has 0 aliphatic carbocycles. The van der Waals surface area contributed by atoms with E-state index >= 15 is 0 Å². The molecule has 0 aromatic heterocycles. The average molecular weight is 233 g/mol. The number of nitrogens with one attached hydrogen (secondary N) is 1. The predicted octanol–water partition coefficient (Wildman–Crippen LogP) is 3.13. The molecule has 0 spiro atoms. The van der Waals surface area contributed by atoms with Crippen LogP contribution in [0.5, 0.6) is 0 Å². The molecule has 17 heavy (non-hydrogen) atoms. The van der Waals surface area contributed by atoms with Gasteiger partial charge in [-0.1, -0.05) is 32.0 Å². The summed E-state index contributed by atoms with van der Waals surface area (Å²) in [5, 5.41) is 7.88. The molecule has 0 radical (unpaired) electrons. The van der Waals surface area contributed by atoms with Crippen molar-refractivity contribution in [1.29, 1.82) is 5.41 Å². The van der Waals surface area contributed by atoms with Crippen LogP contribution in [0.15, 0.2) is 24.3 Å². The molecule has 0 heterocycles. The summed E-state index contributed by atoms with van der Waals surface area (Å²) in [5.74, 6) is 0.0813. The Morgan fingerprint density at radius 3 is 2.71 bits per heavy atom. The molecular weight excluding hydrogens is 214 g/mol. The lowest BCUT2D eigenvalue weighted by Crippen LogP contribution is -2.11. The maximum atomic E-state index is 11.3. The van der Waals surface area contributed by atoms with Crippen LogP contribution in [-0.2, 0) is 9.53 Å². The van der Waals surface area contributed by atoms with E-state index in [1.54, 1.807) is 6.92 Å². The second kappa shape index (κ2) is 6.18. The lowest BCUT2D eigenvalue weighted by molar-refractivity contribution is -0.141. The predicted molar refractivity (Wildman–Crippen MR) is 68.6 cm³/mol. The van der Waals surface area contributed by atoms with Gasteiger partial charge in [0.05, 0.1) is 13.0 Å². The van der Waals surface area contributed by atoms with E-state index in [0.29, 0.717) is 18.2 Å². The standard InChI is InChI=1S/C14H19NO2/c1-4-17-14(16)9-13(15)12-7-5-6-11(8-12)10(2)3/h5-8,10,15H,4,9H2,1-3H3. The highest BCUT2D eigenvalue weighted by atomic mass is 16.5. The van der Waals surface area contributed by atoms with E-state index in [4.69, 9.17) is 10.1 Å². The van der Waals surface area contributed by atoms with Crippen molar-refractivity contribution in [3.63, 3.8) is 0 Å². The summed E-state index contributed by atoms with van der Waals surface area (Å²) in [4.78, 5) is 11.3. The molecule has 1 rings (SSSR count). The Hall–Kier alpha value is -1.64. The molecule has 0 saturated heterocycles. The Balaban J connectivity index is 2.75. The first-order chi connectivity index (χ1) is 8.04. The highest BCUT2D eigenvalue weighted by Gasteiger charge is 2.10. The summed E-state index contributed by atoms with van der Waals surface area (Å²) in [7, 11) is 0. The third kappa shape index (κ3) is 4.02. The number of benzene rings is 1. The van der Waals surface area contributed by atoms with Crippen LogP contribution in [0.1, 0.15) is 44.2 Å². The fraction of sp³-hybridized carbons (Fsp3) is 0.429. The van der Waals surface area contributed by atoms with Crippen molar-refractivity contribution in [3.05, 3.63) is 35.4 Å². The minimum atomic E-state index is -0.340. The van der Waals surface area contributed by atoms with Gasteiger partial charge in [0.1, 0.15) is 0 Å². The molecule has 1 aromatic rings. The Morgan fingerprint density at radius 1 is 1.41 bits per heavy atom. The van der Waals surface area contributed by atoms with Crippen LogP contribution >= 0.6 is 0 Å². The van der Waals surface area contributed by atoms with E-state index in [2.05, 4.69) is 13.8 Å². The number of rotatable bonds is 5. The molecule has 1 aromatic carbocycles. The average Bonchev–Trinajstić information content (AvgIpc) is 2.29. The molecule has 0 aliphatic heterocycles. The van der Waals surface area contributed by atoms with Crippen LogP contribution < -0.4 is 0 Å². The molecule has 0 saturated carbocycles. The first-order valence-electron chi connectivity index (χ1n) is 5.88. The first kappa shape index (κ1) is 13.4. The molecule has 3 heteroatoms. The number of hydrogen-bond donors (Lipinski definition) is 1. The van der Waals surface area contributed by atoms with Gasteiger partial charge < -0.3 is 10.1 Å². The Kier molecular flexibility index (Phi) is 4.88. The molecular formula is C14H19NO2. The van der Waals surface area contributed by atoms with E-state index in [9.17, 15) is 4.79 Å². The number of ether oxygens (including phenoxy) is 1. The molecule has 0 fully saturated rings. The van der Waals surface area contributed by atoms with Gasteiger partial charge in [-0.3, -0.25) is 4.79 Å². The van der Waals surface area contributed by atoms with E-state index in [0.717, 1.165) is 5.56 Å². The van der Waals surface area contributed by atoms with Gasteiger partial charge in [0.15, 0.2) is 0 Å². The number of carbonyl (C=O) groups is 1. The van der Waals surface area contributed by atoms with E-state index in [1.807, 2.05) is 24.3 Å². The second-order valence-electron chi connectivity index (χ2n) is 4.24. The van der Waals surface area contributed by atoms with Gasteiger partial charge in [-0.05, 0) is 30.0 Å². The Labute approximate surface area is 102 Å². The van der Waals surface area contributed by atoms with E-state index < -0.39 is 0 Å². The van der Waals surface area contributed by atoms with E-state index in [-0.39, 0.29) is 12.4 Å². The van der Waals surface area contributed by atoms with Gasteiger partial charge in [0.2, 0.25) is 0 Å². The minimum Gasteiger partial charge on any atom is -0.466 e. The van der Waals surface area contributed by atoms with Crippen LogP contribution in [-0.4, -0.2) is 18.3 Å². The van der Waals surface area contributed by atoms with Crippen molar-refractivity contribution < 1.29 is 9.53 Å². The summed E-state index contributed by atoms with van der Waals surface area (Å²) in [6.45, 7) is 6.33. The van der Waals surface area contributed by atoms with Gasteiger partial charge >= 0.3 is 5.97 Å². The lowest BCUT2D eigenvalue weighted by atomic mass is 9.98. The Morgan fingerprint density at radius 2 is 2.12 bits per heavy atom. The molecule has 0 amide bonds. The van der Waals surface area contributed by atoms with Crippen molar-refractivity contribution >= 4 is 11.7 Å². The summed E-state index contributed by atoms with van der Waals surface area (Å²) < 4.78 is 4.83. The van der Waals surface area contributed by atoms with Crippen LogP contribution in [0.4, 0.5) is 0 Å². The molecule has 0 bridgehead atoms. The van der Waals surface area contributed by atoms with E-state index in [1.165, 1.54) is 5.56 Å². The first-order valence-corrected chi connectivity index (χ1v) is 5.88. The van der Waals surface area contributed by atoms with Crippen molar-refractivity contribution in [2.45, 2.75) is 33.1 Å². The topological polar surface area (TPSA) is 50.2 Å². The fourth-order valence-electron chi connectivity index (χ4n) is 1.54. The quantitative estimate of drug-likeness (QED) is 0.627. The monoisotopic (exact) mass is 233 g/mol. The normalized spacial score (nSPS) is 10.4. The minimum absolute atomic E-state index is 0.0371. The van der Waals surface area contributed by atoms with Crippen LogP contribution in [0.25, 0.3) is 0 Å². The van der Waals surface area contributed by atoms with Gasteiger partial charge in [-0.25, -0.2) is 0 Å². The molecule has 3 nitrogen and oxygen atoms in total. The van der Waals surface area contributed by atoms with Crippen molar-refractivity contribution in [3.8, 4) is 0 Å². The van der Waals surface area contributed by atoms with Gasteiger partial charge in [-0.15, -0.1) is 0 Å². The fourth-order valence-corrected chi connectivity index (χ4v) is 1.54. The van der Waals surface area contributed by atoms with Gasteiger partial charge in [0.25, 0.3) is 0 Å². The maximum absolute atomic E-state index is 11.3. The zero-order chi connectivity index (χ0) is 12.8. The summed E-state index contributed by atoms with van der Waals surface area (Å²) in [6, 6.07) is 7.77. The SMILES string of the molecule is CCOC(=O)CC(=N)c1cccc(C(C)C)c1. The van der Waals surface area contributed by atoms with Gasteiger partial charge in [-0.2, -0.15) is 0 Å².